The maximum Gasteiger partial charge on any atom is 0.234 e. The maximum atomic E-state index is 11.8. The van der Waals surface area contributed by atoms with Crippen LogP contribution in [0.25, 0.3) is 11.4 Å². The third-order valence-electron chi connectivity index (χ3n) is 2.90. The van der Waals surface area contributed by atoms with Gasteiger partial charge in [0.25, 0.3) is 0 Å². The first kappa shape index (κ1) is 17.2. The maximum absolute atomic E-state index is 11.8. The van der Waals surface area contributed by atoms with Crippen LogP contribution in [0.1, 0.15) is 6.92 Å². The molecule has 2 N–H and O–H groups in total. The third kappa shape index (κ3) is 4.41. The number of nitrogens with zero attached hydrogens (tertiary/aromatic N) is 2. The number of amides is 1. The van der Waals surface area contributed by atoms with Gasteiger partial charge in [-0.3, -0.25) is 9.89 Å². The van der Waals surface area contributed by atoms with Crippen LogP contribution in [0.2, 0.25) is 5.02 Å². The minimum atomic E-state index is -0.367. The molecule has 0 saturated carbocycles. The van der Waals surface area contributed by atoms with E-state index in [1.807, 2.05) is 0 Å². The van der Waals surface area contributed by atoms with Crippen LogP contribution in [0, 0.1) is 12.3 Å². The third-order valence-corrected chi connectivity index (χ3v) is 4.09. The molecule has 0 spiro atoms. The minimum absolute atomic E-state index is 0.167. The average Bonchev–Trinajstić information content (AvgIpc) is 3.00. The molecule has 0 aliphatic carbocycles. The Morgan fingerprint density at radius 3 is 3.09 bits per heavy atom. The number of hydrogen-bond acceptors (Lipinski definition) is 5. The van der Waals surface area contributed by atoms with Crippen LogP contribution in [0.5, 0.6) is 5.75 Å². The monoisotopic (exact) mass is 350 g/mol. The smallest absolute Gasteiger partial charge is 0.234 e. The second-order valence-electron chi connectivity index (χ2n) is 4.49. The number of H-pyrrole nitrogens is 1. The van der Waals surface area contributed by atoms with Crippen LogP contribution in [0.3, 0.4) is 0 Å². The molecule has 1 unspecified atom stereocenters. The first-order valence-corrected chi connectivity index (χ1v) is 7.95. The van der Waals surface area contributed by atoms with Gasteiger partial charge in [-0.15, -0.1) is 11.5 Å². The number of aromatic nitrogens is 3. The van der Waals surface area contributed by atoms with E-state index in [4.69, 9.17) is 22.8 Å². The summed E-state index contributed by atoms with van der Waals surface area (Å²) in [5, 5.41) is 10.2. The molecule has 6 nitrogen and oxygen atoms in total. The van der Waals surface area contributed by atoms with E-state index >= 15 is 0 Å². The highest BCUT2D eigenvalue weighted by molar-refractivity contribution is 8.00. The number of terminal acetylenes is 1. The Kier molecular flexibility index (Phi) is 5.90. The molecule has 1 aromatic carbocycles. The zero-order chi connectivity index (χ0) is 16.8. The van der Waals surface area contributed by atoms with Gasteiger partial charge < -0.3 is 10.1 Å². The van der Waals surface area contributed by atoms with Crippen molar-refractivity contribution in [3.05, 3.63) is 23.2 Å². The van der Waals surface area contributed by atoms with Gasteiger partial charge in [0.15, 0.2) is 5.82 Å². The van der Waals surface area contributed by atoms with Crippen molar-refractivity contribution in [1.29, 1.82) is 0 Å². The summed E-state index contributed by atoms with van der Waals surface area (Å²) >= 11 is 7.24. The van der Waals surface area contributed by atoms with E-state index < -0.39 is 0 Å². The van der Waals surface area contributed by atoms with Gasteiger partial charge in [-0.05, 0) is 25.1 Å². The number of ether oxygens (including phenoxy) is 1. The summed E-state index contributed by atoms with van der Waals surface area (Å²) in [5.41, 5.74) is 0.698. The molecule has 8 heteroatoms. The van der Waals surface area contributed by atoms with Crippen molar-refractivity contribution in [3.63, 3.8) is 0 Å². The molecule has 1 heterocycles. The fourth-order valence-electron chi connectivity index (χ4n) is 1.78. The largest absolute Gasteiger partial charge is 0.496 e. The van der Waals surface area contributed by atoms with Crippen LogP contribution in [0.4, 0.5) is 0 Å². The summed E-state index contributed by atoms with van der Waals surface area (Å²) < 4.78 is 5.29. The summed E-state index contributed by atoms with van der Waals surface area (Å²) in [6, 6.07) is 5.22. The molecule has 0 saturated heterocycles. The van der Waals surface area contributed by atoms with Crippen molar-refractivity contribution in [3.8, 4) is 29.5 Å². The van der Waals surface area contributed by atoms with E-state index in [0.29, 0.717) is 27.3 Å². The Labute approximate surface area is 143 Å². The highest BCUT2D eigenvalue weighted by Crippen LogP contribution is 2.31. The van der Waals surface area contributed by atoms with E-state index in [1.54, 1.807) is 32.2 Å². The molecular formula is C15H15ClN4O2S. The second kappa shape index (κ2) is 7.90. The van der Waals surface area contributed by atoms with Crippen molar-refractivity contribution < 1.29 is 9.53 Å². The SMILES string of the molecule is C#CCNC(=O)C(C)Sc1n[nH]c(-c2cc(Cl)ccc2OC)n1. The molecule has 1 amide bonds. The minimum Gasteiger partial charge on any atom is -0.496 e. The van der Waals surface area contributed by atoms with Gasteiger partial charge in [-0.25, -0.2) is 4.98 Å². The fraction of sp³-hybridized carbons (Fsp3) is 0.267. The van der Waals surface area contributed by atoms with Gasteiger partial charge in [-0.1, -0.05) is 29.3 Å². The van der Waals surface area contributed by atoms with E-state index in [9.17, 15) is 4.79 Å². The normalized spacial score (nSPS) is 11.6. The zero-order valence-electron chi connectivity index (χ0n) is 12.6. The van der Waals surface area contributed by atoms with Gasteiger partial charge in [0.05, 0.1) is 24.5 Å². The molecule has 1 aromatic heterocycles. The topological polar surface area (TPSA) is 79.9 Å². The van der Waals surface area contributed by atoms with Crippen molar-refractivity contribution in [2.75, 3.05) is 13.7 Å². The number of benzene rings is 1. The fourth-order valence-corrected chi connectivity index (χ4v) is 2.70. The first-order chi connectivity index (χ1) is 11.0. The van der Waals surface area contributed by atoms with Crippen molar-refractivity contribution in [1.82, 2.24) is 20.5 Å². The molecule has 120 valence electrons. The van der Waals surface area contributed by atoms with Crippen LogP contribution in [-0.2, 0) is 4.79 Å². The molecule has 0 aliphatic heterocycles. The average molecular weight is 351 g/mol. The van der Waals surface area contributed by atoms with Gasteiger partial charge >= 0.3 is 0 Å². The quantitative estimate of drug-likeness (QED) is 0.617. The van der Waals surface area contributed by atoms with E-state index in [1.165, 1.54) is 11.8 Å². The predicted molar refractivity (Wildman–Crippen MR) is 90.5 cm³/mol. The molecule has 0 fully saturated rings. The van der Waals surface area contributed by atoms with Crippen molar-refractivity contribution in [2.24, 2.45) is 0 Å². The summed E-state index contributed by atoms with van der Waals surface area (Å²) in [4.78, 5) is 16.2. The zero-order valence-corrected chi connectivity index (χ0v) is 14.2. The molecule has 2 aromatic rings. The number of thioether (sulfide) groups is 1. The lowest BCUT2D eigenvalue weighted by atomic mass is 10.2. The van der Waals surface area contributed by atoms with Crippen molar-refractivity contribution >= 4 is 29.3 Å². The summed E-state index contributed by atoms with van der Waals surface area (Å²) in [6.45, 7) is 1.95. The van der Waals surface area contributed by atoms with E-state index in [0.717, 1.165) is 0 Å². The number of aromatic amines is 1. The Bertz CT molecular complexity index is 741. The lowest BCUT2D eigenvalue weighted by Gasteiger charge is -2.07. The molecule has 23 heavy (non-hydrogen) atoms. The highest BCUT2D eigenvalue weighted by atomic mass is 35.5. The number of hydrogen-bond donors (Lipinski definition) is 2. The highest BCUT2D eigenvalue weighted by Gasteiger charge is 2.18. The van der Waals surface area contributed by atoms with E-state index in [-0.39, 0.29) is 17.7 Å². The number of methoxy groups -OCH3 is 1. The number of rotatable bonds is 6. The predicted octanol–water partition coefficient (Wildman–Crippen LogP) is 2.36. The molecule has 0 bridgehead atoms. The second-order valence-corrected chi connectivity index (χ2v) is 6.24. The first-order valence-electron chi connectivity index (χ1n) is 6.69. The number of halogens is 1. The van der Waals surface area contributed by atoms with Gasteiger partial charge in [-0.2, -0.15) is 0 Å². The lowest BCUT2D eigenvalue weighted by molar-refractivity contribution is -0.120. The summed E-state index contributed by atoms with van der Waals surface area (Å²) in [7, 11) is 1.57. The van der Waals surface area contributed by atoms with Crippen LogP contribution in [-0.4, -0.2) is 40.0 Å². The Balaban J connectivity index is 2.14. The van der Waals surface area contributed by atoms with Gasteiger partial charge in [0.1, 0.15) is 5.75 Å². The van der Waals surface area contributed by atoms with Crippen LogP contribution in [0.15, 0.2) is 23.4 Å². The summed E-state index contributed by atoms with van der Waals surface area (Å²) in [5.74, 6) is 3.33. The molecule has 0 aliphatic rings. The number of nitrogens with one attached hydrogen (secondary N) is 2. The molecule has 0 radical (unpaired) electrons. The lowest BCUT2D eigenvalue weighted by Crippen LogP contribution is -2.31. The Morgan fingerprint density at radius 2 is 2.39 bits per heavy atom. The summed E-state index contributed by atoms with van der Waals surface area (Å²) in [6.07, 6.45) is 5.11. The molecule has 2 rings (SSSR count). The van der Waals surface area contributed by atoms with Crippen LogP contribution < -0.4 is 10.1 Å². The molecular weight excluding hydrogens is 336 g/mol. The molecule has 1 atom stereocenters. The Hall–Kier alpha value is -2.17. The number of carbonyl (C=O) groups is 1. The van der Waals surface area contributed by atoms with Crippen LogP contribution >= 0.6 is 23.4 Å². The van der Waals surface area contributed by atoms with Gasteiger partial charge in [0.2, 0.25) is 11.1 Å². The van der Waals surface area contributed by atoms with E-state index in [2.05, 4.69) is 26.4 Å². The van der Waals surface area contributed by atoms with Crippen molar-refractivity contribution in [2.45, 2.75) is 17.3 Å². The van der Waals surface area contributed by atoms with Gasteiger partial charge in [0, 0.05) is 5.02 Å². The Morgan fingerprint density at radius 1 is 1.61 bits per heavy atom. The number of carbonyl (C=O) groups excluding carboxylic acids is 1. The standard InChI is InChI=1S/C15H15ClN4O2S/c1-4-7-17-14(21)9(2)23-15-18-13(19-20-15)11-8-10(16)5-6-12(11)22-3/h1,5-6,8-9H,7H2,2-3H3,(H,17,21)(H,18,19,20).